The Bertz CT molecular complexity index is 831. The van der Waals surface area contributed by atoms with Crippen molar-refractivity contribution in [2.45, 2.75) is 57.1 Å². The van der Waals surface area contributed by atoms with Gasteiger partial charge in [-0.2, -0.15) is 4.31 Å². The molecule has 1 amide bonds. The first kappa shape index (κ1) is 23.9. The monoisotopic (exact) mass is 439 g/mol. The molecule has 10 heteroatoms. The first-order valence-electron chi connectivity index (χ1n) is 10.2. The Morgan fingerprint density at radius 2 is 1.90 bits per heavy atom. The number of amides is 1. The number of hydrogen-bond acceptors (Lipinski definition) is 5. The highest BCUT2D eigenvalue weighted by Gasteiger charge is 2.24. The zero-order valence-corrected chi connectivity index (χ0v) is 19.0. The number of carbonyl (C=O) groups excluding carboxylic acids is 1. The van der Waals surface area contributed by atoms with Crippen molar-refractivity contribution in [1.82, 2.24) is 14.5 Å². The molecule has 0 bridgehead atoms. The Hall–Kier alpha value is -2.33. The molecule has 0 radical (unpaired) electrons. The molecular formula is C20H33N5O4S. The van der Waals surface area contributed by atoms with Crippen molar-refractivity contribution in [3.05, 3.63) is 29.8 Å². The number of piperidine rings is 1. The van der Waals surface area contributed by atoms with Gasteiger partial charge < -0.3 is 20.7 Å². The highest BCUT2D eigenvalue weighted by Crippen LogP contribution is 2.17. The number of sulfonamides is 1. The van der Waals surface area contributed by atoms with E-state index in [1.54, 1.807) is 43.1 Å². The van der Waals surface area contributed by atoms with Crippen LogP contribution in [0.4, 0.5) is 4.79 Å². The Labute approximate surface area is 179 Å². The van der Waals surface area contributed by atoms with E-state index in [0.29, 0.717) is 32.2 Å². The molecule has 1 fully saturated rings. The Balaban J connectivity index is 1.87. The van der Waals surface area contributed by atoms with Crippen LogP contribution in [0, 0.1) is 0 Å². The lowest BCUT2D eigenvalue weighted by atomic mass is 10.1. The molecule has 3 N–H and O–H groups in total. The first-order chi connectivity index (χ1) is 14.1. The summed E-state index contributed by atoms with van der Waals surface area (Å²) >= 11 is 0. The minimum atomic E-state index is -3.50. The van der Waals surface area contributed by atoms with Crippen LogP contribution in [0.2, 0.25) is 0 Å². The van der Waals surface area contributed by atoms with Crippen LogP contribution in [0.1, 0.15) is 39.2 Å². The van der Waals surface area contributed by atoms with Gasteiger partial charge in [-0.15, -0.1) is 0 Å². The maximum atomic E-state index is 12.5. The topological polar surface area (TPSA) is 117 Å². The van der Waals surface area contributed by atoms with E-state index >= 15 is 0 Å². The fourth-order valence-electron chi connectivity index (χ4n) is 3.06. The number of nitrogens with zero attached hydrogens (tertiary/aromatic N) is 3. The van der Waals surface area contributed by atoms with Crippen LogP contribution >= 0.6 is 0 Å². The summed E-state index contributed by atoms with van der Waals surface area (Å²) in [6.07, 6.45) is 1.26. The molecule has 1 aliphatic heterocycles. The average Bonchev–Trinajstić information content (AvgIpc) is 2.72. The summed E-state index contributed by atoms with van der Waals surface area (Å²) in [5.74, 6) is 0.334. The van der Waals surface area contributed by atoms with E-state index in [2.05, 4.69) is 10.3 Å². The third-order valence-corrected chi connectivity index (χ3v) is 7.18. The SMILES string of the molecule is CCOC(=O)N1CCC(NC(N)=NCc2ccc(S(=O)(=O)N(C)C(C)C)cc2)CC1. The van der Waals surface area contributed by atoms with Crippen molar-refractivity contribution in [1.29, 1.82) is 0 Å². The zero-order chi connectivity index (χ0) is 22.3. The largest absolute Gasteiger partial charge is 0.450 e. The second kappa shape index (κ2) is 10.6. The lowest BCUT2D eigenvalue weighted by Gasteiger charge is -2.31. The Morgan fingerprint density at radius 3 is 2.43 bits per heavy atom. The Kier molecular flexibility index (Phi) is 8.48. The van der Waals surface area contributed by atoms with E-state index in [4.69, 9.17) is 10.5 Å². The summed E-state index contributed by atoms with van der Waals surface area (Å²) in [5.41, 5.74) is 6.86. The highest BCUT2D eigenvalue weighted by molar-refractivity contribution is 7.89. The quantitative estimate of drug-likeness (QED) is 0.494. The van der Waals surface area contributed by atoms with Crippen LogP contribution in [0.5, 0.6) is 0 Å². The molecule has 0 aliphatic carbocycles. The number of aliphatic imine (C=N–C) groups is 1. The van der Waals surface area contributed by atoms with Crippen LogP contribution in [0.15, 0.2) is 34.2 Å². The van der Waals surface area contributed by atoms with Gasteiger partial charge >= 0.3 is 6.09 Å². The first-order valence-corrected chi connectivity index (χ1v) is 11.6. The third-order valence-electron chi connectivity index (χ3n) is 5.13. The molecule has 1 saturated heterocycles. The predicted octanol–water partition coefficient (Wildman–Crippen LogP) is 1.74. The molecule has 0 atom stereocenters. The molecule has 168 valence electrons. The van der Waals surface area contributed by atoms with E-state index in [-0.39, 0.29) is 23.1 Å². The number of guanidine groups is 1. The van der Waals surface area contributed by atoms with Crippen molar-refractivity contribution in [2.75, 3.05) is 26.7 Å². The molecule has 0 spiro atoms. The molecule has 1 aliphatic rings. The number of likely N-dealkylation sites (tertiary alicyclic amines) is 1. The lowest BCUT2D eigenvalue weighted by Crippen LogP contribution is -2.48. The van der Waals surface area contributed by atoms with Gasteiger partial charge in [0.2, 0.25) is 10.0 Å². The van der Waals surface area contributed by atoms with Gasteiger partial charge in [0, 0.05) is 32.2 Å². The summed E-state index contributed by atoms with van der Waals surface area (Å²) < 4.78 is 31.4. The molecule has 1 aromatic carbocycles. The second-order valence-electron chi connectivity index (χ2n) is 7.56. The number of nitrogens with two attached hydrogens (primary N) is 1. The molecule has 2 rings (SSSR count). The summed E-state index contributed by atoms with van der Waals surface area (Å²) in [7, 11) is -1.93. The fourth-order valence-corrected chi connectivity index (χ4v) is 4.43. The summed E-state index contributed by atoms with van der Waals surface area (Å²) in [4.78, 5) is 18.0. The minimum absolute atomic E-state index is 0.116. The van der Waals surface area contributed by atoms with Gasteiger partial charge in [-0.1, -0.05) is 12.1 Å². The van der Waals surface area contributed by atoms with E-state index in [1.165, 1.54) is 4.31 Å². The molecule has 1 heterocycles. The van der Waals surface area contributed by atoms with Crippen LogP contribution in [0.3, 0.4) is 0 Å². The van der Waals surface area contributed by atoms with E-state index in [9.17, 15) is 13.2 Å². The maximum Gasteiger partial charge on any atom is 0.409 e. The molecule has 0 unspecified atom stereocenters. The summed E-state index contributed by atoms with van der Waals surface area (Å²) in [5, 5.41) is 3.19. The lowest BCUT2D eigenvalue weighted by molar-refractivity contribution is 0.0963. The van der Waals surface area contributed by atoms with Crippen LogP contribution in [0.25, 0.3) is 0 Å². The van der Waals surface area contributed by atoms with Gasteiger partial charge in [0.25, 0.3) is 0 Å². The molecule has 1 aromatic rings. The van der Waals surface area contributed by atoms with E-state index < -0.39 is 10.0 Å². The van der Waals surface area contributed by atoms with Gasteiger partial charge in [-0.3, -0.25) is 0 Å². The number of hydrogen-bond donors (Lipinski definition) is 2. The molecule has 0 aromatic heterocycles. The summed E-state index contributed by atoms with van der Waals surface area (Å²) in [6, 6.07) is 6.71. The Morgan fingerprint density at radius 1 is 1.30 bits per heavy atom. The smallest absolute Gasteiger partial charge is 0.409 e. The van der Waals surface area contributed by atoms with Crippen molar-refractivity contribution in [2.24, 2.45) is 10.7 Å². The average molecular weight is 440 g/mol. The maximum absolute atomic E-state index is 12.5. The van der Waals surface area contributed by atoms with Crippen molar-refractivity contribution >= 4 is 22.1 Å². The van der Waals surface area contributed by atoms with Crippen LogP contribution < -0.4 is 11.1 Å². The molecule has 30 heavy (non-hydrogen) atoms. The van der Waals surface area contributed by atoms with E-state index in [1.807, 2.05) is 13.8 Å². The van der Waals surface area contributed by atoms with Crippen molar-refractivity contribution in [3.63, 3.8) is 0 Å². The highest BCUT2D eigenvalue weighted by atomic mass is 32.2. The van der Waals surface area contributed by atoms with E-state index in [0.717, 1.165) is 18.4 Å². The van der Waals surface area contributed by atoms with Gasteiger partial charge in [-0.25, -0.2) is 18.2 Å². The van der Waals surface area contributed by atoms with Gasteiger partial charge in [0.15, 0.2) is 5.96 Å². The van der Waals surface area contributed by atoms with Gasteiger partial charge in [0.1, 0.15) is 0 Å². The van der Waals surface area contributed by atoms with Gasteiger partial charge in [-0.05, 0) is 51.3 Å². The van der Waals surface area contributed by atoms with Gasteiger partial charge in [0.05, 0.1) is 18.0 Å². The van der Waals surface area contributed by atoms with Crippen LogP contribution in [-0.4, -0.2) is 68.5 Å². The molecule has 9 nitrogen and oxygen atoms in total. The normalized spacial score (nSPS) is 16.2. The molecule has 0 saturated carbocycles. The predicted molar refractivity (Wildman–Crippen MR) is 117 cm³/mol. The number of carbonyl (C=O) groups is 1. The van der Waals surface area contributed by atoms with Crippen LogP contribution in [-0.2, 0) is 21.3 Å². The number of benzene rings is 1. The number of ether oxygens (including phenoxy) is 1. The number of rotatable bonds is 7. The zero-order valence-electron chi connectivity index (χ0n) is 18.2. The fraction of sp³-hybridized carbons (Fsp3) is 0.600. The van der Waals surface area contributed by atoms with Crippen molar-refractivity contribution < 1.29 is 17.9 Å². The molecular weight excluding hydrogens is 406 g/mol. The summed E-state index contributed by atoms with van der Waals surface area (Å²) in [6.45, 7) is 7.40. The third kappa shape index (κ3) is 6.33. The minimum Gasteiger partial charge on any atom is -0.450 e. The standard InChI is InChI=1S/C20H33N5O4S/c1-5-29-20(26)25-12-10-17(11-13-25)23-19(21)22-14-16-6-8-18(9-7-16)30(27,28)24(4)15(2)3/h6-9,15,17H,5,10-14H2,1-4H3,(H3,21,22,23). The second-order valence-corrected chi connectivity index (χ2v) is 9.56. The number of nitrogens with one attached hydrogen (secondary N) is 1. The van der Waals surface area contributed by atoms with Crippen molar-refractivity contribution in [3.8, 4) is 0 Å².